The predicted octanol–water partition coefficient (Wildman–Crippen LogP) is 1.21. The molecule has 0 aliphatic carbocycles. The van der Waals surface area contributed by atoms with Crippen molar-refractivity contribution in [1.82, 2.24) is 19.7 Å². The maximum Gasteiger partial charge on any atom is 0.259 e. The Hall–Kier alpha value is -2.56. The standard InChI is InChI=1S/C16H19N7O2S/c1-23-4-2-13(22-23)20-15(24)9-8-26-12-6-18-16(21-14(9)12)19-11-3-5-25-7-10(11)17/h2,4,6,8,10-11H,3,5,7,17H2,1H3,(H,18,19,21)(H,20,22,24). The Labute approximate surface area is 153 Å². The van der Waals surface area contributed by atoms with E-state index in [1.165, 1.54) is 11.3 Å². The van der Waals surface area contributed by atoms with E-state index in [4.69, 9.17) is 10.5 Å². The van der Waals surface area contributed by atoms with Crippen molar-refractivity contribution in [2.45, 2.75) is 18.5 Å². The highest BCUT2D eigenvalue weighted by molar-refractivity contribution is 7.17. The van der Waals surface area contributed by atoms with Crippen LogP contribution in [0.25, 0.3) is 10.2 Å². The number of nitrogens with two attached hydrogens (primary N) is 1. The van der Waals surface area contributed by atoms with Crippen LogP contribution in [0.1, 0.15) is 16.8 Å². The molecule has 3 aromatic rings. The molecule has 1 amide bonds. The Morgan fingerprint density at radius 3 is 3.15 bits per heavy atom. The Bertz CT molecular complexity index is 938. The minimum absolute atomic E-state index is 0.0469. The second-order valence-electron chi connectivity index (χ2n) is 6.16. The molecule has 26 heavy (non-hydrogen) atoms. The number of fused-ring (bicyclic) bond motifs is 1. The topological polar surface area (TPSA) is 120 Å². The van der Waals surface area contributed by atoms with Gasteiger partial charge in [0.1, 0.15) is 0 Å². The van der Waals surface area contributed by atoms with Gasteiger partial charge in [-0.25, -0.2) is 9.97 Å². The number of nitrogens with one attached hydrogen (secondary N) is 2. The third-order valence-corrected chi connectivity index (χ3v) is 5.13. The molecule has 0 bridgehead atoms. The molecule has 2 atom stereocenters. The third kappa shape index (κ3) is 3.39. The predicted molar refractivity (Wildman–Crippen MR) is 99.4 cm³/mol. The van der Waals surface area contributed by atoms with Gasteiger partial charge in [0, 0.05) is 43.4 Å². The molecular weight excluding hydrogens is 354 g/mol. The first-order valence-corrected chi connectivity index (χ1v) is 9.13. The Morgan fingerprint density at radius 1 is 1.50 bits per heavy atom. The monoisotopic (exact) mass is 373 g/mol. The Morgan fingerprint density at radius 2 is 2.38 bits per heavy atom. The van der Waals surface area contributed by atoms with Crippen LogP contribution in [0, 0.1) is 0 Å². The molecule has 3 aromatic heterocycles. The third-order valence-electron chi connectivity index (χ3n) is 4.23. The van der Waals surface area contributed by atoms with E-state index in [1.807, 2.05) is 0 Å². The normalized spacial score (nSPS) is 20.2. The molecule has 136 valence electrons. The number of nitrogens with zero attached hydrogens (tertiary/aromatic N) is 4. The number of ether oxygens (including phenoxy) is 1. The van der Waals surface area contributed by atoms with E-state index in [1.54, 1.807) is 35.6 Å². The van der Waals surface area contributed by atoms with Crippen LogP contribution in [0.5, 0.6) is 0 Å². The van der Waals surface area contributed by atoms with Crippen molar-refractivity contribution in [3.05, 3.63) is 29.4 Å². The molecule has 0 spiro atoms. The van der Waals surface area contributed by atoms with Gasteiger partial charge in [0.05, 0.1) is 28.6 Å². The van der Waals surface area contributed by atoms with Crippen LogP contribution in [0.3, 0.4) is 0 Å². The first-order valence-electron chi connectivity index (χ1n) is 8.25. The van der Waals surface area contributed by atoms with Crippen LogP contribution in [0.2, 0.25) is 0 Å². The highest BCUT2D eigenvalue weighted by Crippen LogP contribution is 2.26. The highest BCUT2D eigenvalue weighted by Gasteiger charge is 2.23. The molecule has 2 unspecified atom stereocenters. The van der Waals surface area contributed by atoms with Crippen molar-refractivity contribution in [1.29, 1.82) is 0 Å². The number of hydrogen-bond acceptors (Lipinski definition) is 8. The lowest BCUT2D eigenvalue weighted by Gasteiger charge is -2.29. The summed E-state index contributed by atoms with van der Waals surface area (Å²) in [6.45, 7) is 1.17. The number of carbonyl (C=O) groups is 1. The highest BCUT2D eigenvalue weighted by atomic mass is 32.1. The lowest BCUT2D eigenvalue weighted by Crippen LogP contribution is -2.47. The number of aromatic nitrogens is 4. The Balaban J connectivity index is 1.57. The van der Waals surface area contributed by atoms with E-state index < -0.39 is 0 Å². The smallest absolute Gasteiger partial charge is 0.259 e. The van der Waals surface area contributed by atoms with Gasteiger partial charge in [-0.05, 0) is 6.42 Å². The van der Waals surface area contributed by atoms with Gasteiger partial charge in [0.25, 0.3) is 5.91 Å². The average Bonchev–Trinajstić information content (AvgIpc) is 3.22. The van der Waals surface area contributed by atoms with Gasteiger partial charge in [-0.15, -0.1) is 11.3 Å². The van der Waals surface area contributed by atoms with E-state index in [0.29, 0.717) is 36.1 Å². The summed E-state index contributed by atoms with van der Waals surface area (Å²) in [6.07, 6.45) is 4.28. The van der Waals surface area contributed by atoms with E-state index in [0.717, 1.165) is 11.1 Å². The number of hydrogen-bond donors (Lipinski definition) is 3. The molecule has 4 N–H and O–H groups in total. The summed E-state index contributed by atoms with van der Waals surface area (Å²) in [5.74, 6) is 0.713. The van der Waals surface area contributed by atoms with E-state index >= 15 is 0 Å². The summed E-state index contributed by atoms with van der Waals surface area (Å²) in [7, 11) is 1.79. The van der Waals surface area contributed by atoms with Gasteiger partial charge in [-0.3, -0.25) is 9.48 Å². The number of amides is 1. The van der Waals surface area contributed by atoms with E-state index in [9.17, 15) is 4.79 Å². The molecule has 9 nitrogen and oxygen atoms in total. The maximum atomic E-state index is 12.6. The summed E-state index contributed by atoms with van der Waals surface area (Å²) < 4.78 is 7.82. The maximum absolute atomic E-state index is 12.6. The van der Waals surface area contributed by atoms with Gasteiger partial charge in [-0.2, -0.15) is 5.10 Å². The van der Waals surface area contributed by atoms with Crippen LogP contribution >= 0.6 is 11.3 Å². The lowest BCUT2D eigenvalue weighted by atomic mass is 10.1. The van der Waals surface area contributed by atoms with Crippen LogP contribution < -0.4 is 16.4 Å². The molecule has 1 saturated heterocycles. The summed E-state index contributed by atoms with van der Waals surface area (Å²) in [6, 6.07) is 1.67. The fourth-order valence-electron chi connectivity index (χ4n) is 2.83. The number of anilines is 2. The zero-order chi connectivity index (χ0) is 18.1. The molecule has 10 heteroatoms. The van der Waals surface area contributed by atoms with Crippen molar-refractivity contribution in [3.63, 3.8) is 0 Å². The number of carbonyl (C=O) groups excluding carboxylic acids is 1. The molecule has 0 aromatic carbocycles. The Kier molecular flexibility index (Phi) is 4.53. The minimum Gasteiger partial charge on any atom is -0.380 e. The fraction of sp³-hybridized carbons (Fsp3) is 0.375. The average molecular weight is 373 g/mol. The van der Waals surface area contributed by atoms with E-state index in [-0.39, 0.29) is 18.0 Å². The molecule has 4 rings (SSSR count). The summed E-state index contributed by atoms with van der Waals surface area (Å²) in [5, 5.41) is 12.0. The number of rotatable bonds is 4. The molecule has 0 saturated carbocycles. The SMILES string of the molecule is Cn1ccc(NC(=O)c2csc3cnc(NC4CCOCC4N)nc23)n1. The molecular formula is C16H19N7O2S. The van der Waals surface area contributed by atoms with E-state index in [2.05, 4.69) is 25.7 Å². The first-order chi connectivity index (χ1) is 12.6. The molecule has 1 aliphatic heterocycles. The van der Waals surface area contributed by atoms with Gasteiger partial charge in [0.2, 0.25) is 5.95 Å². The van der Waals surface area contributed by atoms with Crippen molar-refractivity contribution < 1.29 is 9.53 Å². The van der Waals surface area contributed by atoms with Crippen LogP contribution in [-0.4, -0.2) is 51.0 Å². The number of thiophene rings is 1. The van der Waals surface area contributed by atoms with Crippen molar-refractivity contribution in [2.75, 3.05) is 23.8 Å². The van der Waals surface area contributed by atoms with Crippen molar-refractivity contribution >= 4 is 39.2 Å². The minimum atomic E-state index is -0.248. The van der Waals surface area contributed by atoms with Crippen LogP contribution in [0.15, 0.2) is 23.8 Å². The molecule has 0 radical (unpaired) electrons. The molecule has 1 aliphatic rings. The zero-order valence-corrected chi connectivity index (χ0v) is 15.0. The quantitative estimate of drug-likeness (QED) is 0.628. The molecule has 1 fully saturated rings. The lowest BCUT2D eigenvalue weighted by molar-refractivity contribution is 0.0751. The fourth-order valence-corrected chi connectivity index (χ4v) is 3.67. The second-order valence-corrected chi connectivity index (χ2v) is 7.07. The number of aryl methyl sites for hydroxylation is 1. The second kappa shape index (κ2) is 6.98. The van der Waals surface area contributed by atoms with Gasteiger partial charge in [-0.1, -0.05) is 0 Å². The first kappa shape index (κ1) is 16.9. The van der Waals surface area contributed by atoms with Crippen molar-refractivity contribution in [3.8, 4) is 0 Å². The van der Waals surface area contributed by atoms with Crippen LogP contribution in [0.4, 0.5) is 11.8 Å². The van der Waals surface area contributed by atoms with Crippen LogP contribution in [-0.2, 0) is 11.8 Å². The largest absolute Gasteiger partial charge is 0.380 e. The molecule has 4 heterocycles. The summed E-state index contributed by atoms with van der Waals surface area (Å²) in [4.78, 5) is 21.5. The van der Waals surface area contributed by atoms with Gasteiger partial charge >= 0.3 is 0 Å². The van der Waals surface area contributed by atoms with Crippen molar-refractivity contribution in [2.24, 2.45) is 12.8 Å². The van der Waals surface area contributed by atoms with Gasteiger partial charge < -0.3 is 21.1 Å². The van der Waals surface area contributed by atoms with Gasteiger partial charge in [0.15, 0.2) is 5.82 Å². The zero-order valence-electron chi connectivity index (χ0n) is 14.2. The summed E-state index contributed by atoms with van der Waals surface area (Å²) in [5.41, 5.74) is 7.18. The summed E-state index contributed by atoms with van der Waals surface area (Å²) >= 11 is 1.43.